The zero-order valence-electron chi connectivity index (χ0n) is 16.7. The van der Waals surface area contributed by atoms with Crippen LogP contribution in [-0.4, -0.2) is 57.1 Å². The van der Waals surface area contributed by atoms with E-state index in [1.807, 2.05) is 6.07 Å². The van der Waals surface area contributed by atoms with Crippen LogP contribution in [-0.2, 0) is 0 Å². The zero-order valence-corrected chi connectivity index (χ0v) is 16.7. The Morgan fingerprint density at radius 1 is 1.26 bits per heavy atom. The van der Waals surface area contributed by atoms with Crippen LogP contribution >= 0.6 is 0 Å². The number of methoxy groups -OCH3 is 1. The number of hydrogen-bond acceptors (Lipinski definition) is 7. The molecule has 1 aliphatic rings. The Hall–Kier alpha value is -4.00. The number of nitriles is 1. The number of hydrogen-bond donors (Lipinski definition) is 0. The lowest BCUT2D eigenvalue weighted by Gasteiger charge is -2.33. The second-order valence-corrected chi connectivity index (χ2v) is 6.89. The Morgan fingerprint density at radius 3 is 2.81 bits per heavy atom. The number of amides is 1. The fourth-order valence-corrected chi connectivity index (χ4v) is 3.56. The van der Waals surface area contributed by atoms with Crippen molar-refractivity contribution in [2.24, 2.45) is 0 Å². The maximum absolute atomic E-state index is 14.7. The third-order valence-electron chi connectivity index (χ3n) is 4.98. The monoisotopic (exact) mass is 422 g/mol. The van der Waals surface area contributed by atoms with Crippen molar-refractivity contribution in [1.29, 1.82) is 5.26 Å². The Labute approximate surface area is 177 Å². The maximum Gasteiger partial charge on any atom is 0.259 e. The molecule has 0 bridgehead atoms. The summed E-state index contributed by atoms with van der Waals surface area (Å²) in [6.45, 7) is 0.697. The summed E-state index contributed by atoms with van der Waals surface area (Å²) < 4.78 is 25.9. The average Bonchev–Trinajstić information content (AvgIpc) is 3.33. The summed E-state index contributed by atoms with van der Waals surface area (Å²) in [5.74, 6) is -0.680. The molecule has 3 aromatic rings. The van der Waals surface area contributed by atoms with Gasteiger partial charge in [0.05, 0.1) is 26.0 Å². The van der Waals surface area contributed by atoms with E-state index in [9.17, 15) is 14.4 Å². The normalized spacial score (nSPS) is 15.9. The number of ether oxygens (including phenoxy) is 2. The van der Waals surface area contributed by atoms with Gasteiger partial charge in [0.1, 0.15) is 34.8 Å². The molecule has 0 spiro atoms. The lowest BCUT2D eigenvalue weighted by atomic mass is 10.1. The summed E-state index contributed by atoms with van der Waals surface area (Å²) in [7, 11) is 1.43. The van der Waals surface area contributed by atoms with Gasteiger partial charge in [0.15, 0.2) is 5.75 Å². The molecule has 0 saturated carbocycles. The number of halogens is 1. The van der Waals surface area contributed by atoms with Crippen molar-refractivity contribution >= 4 is 5.91 Å². The third kappa shape index (κ3) is 4.02. The van der Waals surface area contributed by atoms with Crippen molar-refractivity contribution in [3.63, 3.8) is 0 Å². The van der Waals surface area contributed by atoms with Crippen LogP contribution in [0.5, 0.6) is 11.6 Å². The third-order valence-corrected chi connectivity index (χ3v) is 4.98. The second-order valence-electron chi connectivity index (χ2n) is 6.89. The molecule has 1 aromatic carbocycles. The topological polar surface area (TPSA) is 106 Å². The van der Waals surface area contributed by atoms with Crippen molar-refractivity contribution in [2.75, 3.05) is 20.2 Å². The van der Waals surface area contributed by atoms with E-state index in [4.69, 9.17) is 9.47 Å². The van der Waals surface area contributed by atoms with E-state index in [1.165, 1.54) is 48.7 Å². The highest BCUT2D eigenvalue weighted by atomic mass is 19.1. The standard InChI is InChI=1S/C21H19FN6O3/c1-30-19-14(12-23)7-8-24-20(19)31-15-4-3-11-27(13-15)21(29)18-16(22)5-2-6-17(18)28-25-9-10-26-28/h2,5-10,15H,3-4,11,13H2,1H3/t15-/m1/s1. The SMILES string of the molecule is COc1c(C#N)ccnc1O[C@@H]1CCCN(C(=O)c2c(F)cccc2-n2nccn2)C1. The molecule has 158 valence electrons. The van der Waals surface area contributed by atoms with Gasteiger partial charge in [0.25, 0.3) is 11.8 Å². The van der Waals surface area contributed by atoms with Crippen LogP contribution in [0, 0.1) is 17.1 Å². The van der Waals surface area contributed by atoms with Crippen LogP contribution in [0.1, 0.15) is 28.8 Å². The van der Waals surface area contributed by atoms with Crippen LogP contribution in [0.4, 0.5) is 4.39 Å². The molecule has 1 amide bonds. The van der Waals surface area contributed by atoms with Crippen LogP contribution in [0.2, 0.25) is 0 Å². The van der Waals surface area contributed by atoms with Gasteiger partial charge >= 0.3 is 0 Å². The van der Waals surface area contributed by atoms with Gasteiger partial charge in [-0.3, -0.25) is 4.79 Å². The fourth-order valence-electron chi connectivity index (χ4n) is 3.56. The molecule has 10 heteroatoms. The van der Waals surface area contributed by atoms with E-state index in [-0.39, 0.29) is 35.5 Å². The summed E-state index contributed by atoms with van der Waals surface area (Å²) >= 11 is 0. The first-order chi connectivity index (χ1) is 15.1. The first-order valence-corrected chi connectivity index (χ1v) is 9.66. The van der Waals surface area contributed by atoms with Crippen LogP contribution < -0.4 is 9.47 Å². The molecule has 1 fully saturated rings. The van der Waals surface area contributed by atoms with Crippen molar-refractivity contribution in [2.45, 2.75) is 18.9 Å². The molecule has 3 heterocycles. The summed E-state index contributed by atoms with van der Waals surface area (Å²) in [4.78, 5) is 20.2. The van der Waals surface area contributed by atoms with E-state index in [0.717, 1.165) is 0 Å². The van der Waals surface area contributed by atoms with E-state index < -0.39 is 11.7 Å². The van der Waals surface area contributed by atoms with E-state index in [0.29, 0.717) is 24.9 Å². The second kappa shape index (κ2) is 8.79. The van der Waals surface area contributed by atoms with E-state index in [2.05, 4.69) is 15.2 Å². The summed E-state index contributed by atoms with van der Waals surface area (Å²) in [5, 5.41) is 17.3. The summed E-state index contributed by atoms with van der Waals surface area (Å²) in [6.07, 6.45) is 5.34. The molecule has 0 radical (unpaired) electrons. The van der Waals surface area contributed by atoms with Gasteiger partial charge < -0.3 is 14.4 Å². The van der Waals surface area contributed by atoms with Gasteiger partial charge in [-0.2, -0.15) is 20.3 Å². The molecule has 4 rings (SSSR count). The molecule has 0 N–H and O–H groups in total. The number of benzene rings is 1. The van der Waals surface area contributed by atoms with Gasteiger partial charge in [-0.1, -0.05) is 6.07 Å². The summed E-state index contributed by atoms with van der Waals surface area (Å²) in [5.41, 5.74) is 0.476. The first-order valence-electron chi connectivity index (χ1n) is 9.66. The van der Waals surface area contributed by atoms with Gasteiger partial charge in [0, 0.05) is 12.7 Å². The van der Waals surface area contributed by atoms with Crippen LogP contribution in [0.15, 0.2) is 42.9 Å². The molecule has 1 saturated heterocycles. The maximum atomic E-state index is 14.7. The molecule has 1 atom stereocenters. The van der Waals surface area contributed by atoms with Crippen molar-refractivity contribution < 1.29 is 18.7 Å². The number of nitrogens with zero attached hydrogens (tertiary/aromatic N) is 6. The number of carbonyl (C=O) groups is 1. The number of aromatic nitrogens is 4. The number of carbonyl (C=O) groups excluding carboxylic acids is 1. The molecular weight excluding hydrogens is 403 g/mol. The van der Waals surface area contributed by atoms with Crippen molar-refractivity contribution in [3.8, 4) is 23.4 Å². The van der Waals surface area contributed by atoms with Crippen LogP contribution in [0.3, 0.4) is 0 Å². The molecule has 0 unspecified atom stereocenters. The van der Waals surface area contributed by atoms with Crippen LogP contribution in [0.25, 0.3) is 5.69 Å². The summed E-state index contributed by atoms with van der Waals surface area (Å²) in [6, 6.07) is 7.90. The zero-order chi connectivity index (χ0) is 21.8. The highest BCUT2D eigenvalue weighted by Gasteiger charge is 2.30. The van der Waals surface area contributed by atoms with Gasteiger partial charge in [-0.05, 0) is 31.0 Å². The van der Waals surface area contributed by atoms with Crippen molar-refractivity contribution in [1.82, 2.24) is 24.9 Å². The number of rotatable bonds is 5. The Morgan fingerprint density at radius 2 is 2.06 bits per heavy atom. The number of likely N-dealkylation sites (tertiary alicyclic amines) is 1. The Kier molecular flexibility index (Phi) is 5.75. The minimum atomic E-state index is -0.645. The Balaban J connectivity index is 1.57. The molecule has 2 aromatic heterocycles. The van der Waals surface area contributed by atoms with Gasteiger partial charge in [0.2, 0.25) is 0 Å². The average molecular weight is 422 g/mol. The highest BCUT2D eigenvalue weighted by Crippen LogP contribution is 2.30. The largest absolute Gasteiger partial charge is 0.490 e. The first kappa shape index (κ1) is 20.3. The minimum absolute atomic E-state index is 0.0958. The minimum Gasteiger partial charge on any atom is -0.490 e. The molecule has 9 nitrogen and oxygen atoms in total. The lowest BCUT2D eigenvalue weighted by molar-refractivity contribution is 0.0516. The predicted octanol–water partition coefficient (Wildman–Crippen LogP) is 2.37. The van der Waals surface area contributed by atoms with Crippen molar-refractivity contribution in [3.05, 3.63) is 59.8 Å². The van der Waals surface area contributed by atoms with E-state index >= 15 is 0 Å². The predicted molar refractivity (Wildman–Crippen MR) is 106 cm³/mol. The Bertz CT molecular complexity index is 1130. The smallest absolute Gasteiger partial charge is 0.259 e. The molecular formula is C21H19FN6O3. The fraction of sp³-hybridized carbons (Fsp3) is 0.286. The quantitative estimate of drug-likeness (QED) is 0.621. The number of piperidine rings is 1. The molecule has 0 aliphatic carbocycles. The highest BCUT2D eigenvalue weighted by molar-refractivity contribution is 5.98. The molecule has 31 heavy (non-hydrogen) atoms. The molecule has 1 aliphatic heterocycles. The lowest BCUT2D eigenvalue weighted by Crippen LogP contribution is -2.45. The number of pyridine rings is 1. The van der Waals surface area contributed by atoms with Gasteiger partial charge in [-0.25, -0.2) is 9.37 Å². The van der Waals surface area contributed by atoms with Gasteiger partial charge in [-0.15, -0.1) is 0 Å². The van der Waals surface area contributed by atoms with E-state index in [1.54, 1.807) is 11.0 Å².